The highest BCUT2D eigenvalue weighted by Gasteiger charge is 2.42. The van der Waals surface area contributed by atoms with Crippen LogP contribution in [0.5, 0.6) is 0 Å². The Bertz CT molecular complexity index is 828. The SMILES string of the molecule is Cc1nnc(N2CCCC3(CN(Cc4nccs4)CCO3)C2)o1.O=C(O)C(F)(F)F. The van der Waals surface area contributed by atoms with Gasteiger partial charge < -0.3 is 19.2 Å². The first-order valence-electron chi connectivity index (χ1n) is 9.27. The fourth-order valence-corrected chi connectivity index (χ4v) is 4.16. The third-order valence-electron chi connectivity index (χ3n) is 4.74. The van der Waals surface area contributed by atoms with E-state index in [9.17, 15) is 13.2 Å². The van der Waals surface area contributed by atoms with Gasteiger partial charge >= 0.3 is 18.2 Å². The largest absolute Gasteiger partial charge is 0.490 e. The summed E-state index contributed by atoms with van der Waals surface area (Å²) >= 11 is 1.71. The van der Waals surface area contributed by atoms with E-state index in [0.717, 1.165) is 52.2 Å². The quantitative estimate of drug-likeness (QED) is 0.756. The minimum absolute atomic E-state index is 0.143. The third-order valence-corrected chi connectivity index (χ3v) is 5.50. The summed E-state index contributed by atoms with van der Waals surface area (Å²) in [5.41, 5.74) is -0.143. The first kappa shape index (κ1) is 22.4. The number of carbonyl (C=O) groups is 1. The lowest BCUT2D eigenvalue weighted by Gasteiger charge is -2.47. The van der Waals surface area contributed by atoms with Crippen LogP contribution in [0.4, 0.5) is 19.2 Å². The van der Waals surface area contributed by atoms with E-state index >= 15 is 0 Å². The van der Waals surface area contributed by atoms with Crippen molar-refractivity contribution in [1.29, 1.82) is 0 Å². The Labute approximate surface area is 174 Å². The van der Waals surface area contributed by atoms with Gasteiger partial charge in [0.15, 0.2) is 0 Å². The molecule has 4 heterocycles. The van der Waals surface area contributed by atoms with E-state index in [2.05, 4.69) is 25.0 Å². The summed E-state index contributed by atoms with van der Waals surface area (Å²) in [5, 5.41) is 18.4. The first-order valence-corrected chi connectivity index (χ1v) is 10.1. The molecule has 13 heteroatoms. The molecule has 166 valence electrons. The van der Waals surface area contributed by atoms with E-state index < -0.39 is 12.1 Å². The summed E-state index contributed by atoms with van der Waals surface area (Å²) in [6.07, 6.45) is -1.06. The van der Waals surface area contributed by atoms with Crippen molar-refractivity contribution in [3.8, 4) is 0 Å². The Morgan fingerprint density at radius 2 is 2.10 bits per heavy atom. The number of hydrogen-bond acceptors (Lipinski definition) is 9. The van der Waals surface area contributed by atoms with Gasteiger partial charge in [-0.3, -0.25) is 4.90 Å². The average Bonchev–Trinajstić information content (AvgIpc) is 3.33. The van der Waals surface area contributed by atoms with Gasteiger partial charge in [-0.05, 0) is 12.8 Å². The van der Waals surface area contributed by atoms with E-state index in [4.69, 9.17) is 19.1 Å². The molecule has 9 nitrogen and oxygen atoms in total. The van der Waals surface area contributed by atoms with Crippen LogP contribution in [0.1, 0.15) is 23.7 Å². The Morgan fingerprint density at radius 1 is 1.33 bits per heavy atom. The number of aryl methyl sites for hydroxylation is 1. The van der Waals surface area contributed by atoms with Gasteiger partial charge in [-0.25, -0.2) is 9.78 Å². The molecule has 2 fully saturated rings. The fraction of sp³-hybridized carbons (Fsp3) is 0.647. The highest BCUT2D eigenvalue weighted by molar-refractivity contribution is 7.09. The van der Waals surface area contributed by atoms with Crippen molar-refractivity contribution in [2.45, 2.75) is 38.1 Å². The number of aliphatic carboxylic acids is 1. The molecule has 2 aromatic heterocycles. The molecule has 0 bridgehead atoms. The maximum absolute atomic E-state index is 10.6. The van der Waals surface area contributed by atoms with Gasteiger partial charge in [-0.2, -0.15) is 13.2 Å². The van der Waals surface area contributed by atoms with Crippen molar-refractivity contribution in [1.82, 2.24) is 20.1 Å². The number of anilines is 1. The van der Waals surface area contributed by atoms with Crippen molar-refractivity contribution in [3.63, 3.8) is 0 Å². The maximum Gasteiger partial charge on any atom is 0.490 e. The van der Waals surface area contributed by atoms with Gasteiger partial charge in [0.25, 0.3) is 0 Å². The Hall–Kier alpha value is -2.25. The van der Waals surface area contributed by atoms with Gasteiger partial charge in [0.1, 0.15) is 5.01 Å². The number of rotatable bonds is 3. The molecule has 1 atom stereocenters. The highest BCUT2D eigenvalue weighted by Crippen LogP contribution is 2.31. The minimum Gasteiger partial charge on any atom is -0.475 e. The van der Waals surface area contributed by atoms with Crippen molar-refractivity contribution < 1.29 is 32.2 Å². The first-order chi connectivity index (χ1) is 14.2. The molecule has 0 aromatic carbocycles. The number of carboxylic acids is 1. The second-order valence-electron chi connectivity index (χ2n) is 7.10. The molecular weight excluding hydrogens is 427 g/mol. The third kappa shape index (κ3) is 5.89. The Morgan fingerprint density at radius 3 is 2.70 bits per heavy atom. The van der Waals surface area contributed by atoms with Crippen molar-refractivity contribution in [2.24, 2.45) is 0 Å². The van der Waals surface area contributed by atoms with Crippen LogP contribution in [-0.4, -0.2) is 75.7 Å². The number of ether oxygens (including phenoxy) is 1. The summed E-state index contributed by atoms with van der Waals surface area (Å²) in [5.74, 6) is -2.15. The molecule has 1 N–H and O–H groups in total. The number of nitrogens with zero attached hydrogens (tertiary/aromatic N) is 5. The number of aromatic nitrogens is 3. The molecule has 30 heavy (non-hydrogen) atoms. The summed E-state index contributed by atoms with van der Waals surface area (Å²) in [4.78, 5) is 17.9. The van der Waals surface area contributed by atoms with Crippen LogP contribution in [0.25, 0.3) is 0 Å². The van der Waals surface area contributed by atoms with Gasteiger partial charge in [0.2, 0.25) is 5.89 Å². The smallest absolute Gasteiger partial charge is 0.475 e. The molecule has 1 unspecified atom stereocenters. The molecule has 2 saturated heterocycles. The molecule has 0 saturated carbocycles. The van der Waals surface area contributed by atoms with Crippen LogP contribution in [0.3, 0.4) is 0 Å². The highest BCUT2D eigenvalue weighted by atomic mass is 32.1. The van der Waals surface area contributed by atoms with Crippen LogP contribution in [-0.2, 0) is 16.1 Å². The Balaban J connectivity index is 0.000000318. The van der Waals surface area contributed by atoms with Gasteiger partial charge in [-0.15, -0.1) is 16.4 Å². The van der Waals surface area contributed by atoms with E-state index in [0.29, 0.717) is 11.9 Å². The number of halogens is 3. The molecule has 0 aliphatic carbocycles. The van der Waals surface area contributed by atoms with E-state index in [1.54, 1.807) is 11.3 Å². The number of alkyl halides is 3. The number of piperidine rings is 1. The summed E-state index contributed by atoms with van der Waals surface area (Å²) < 4.78 is 43.6. The standard InChI is InChI=1S/C15H21N5O2S.C2HF3O2/c1-12-17-18-14(22-12)20-5-2-3-15(11-20)10-19(6-7-21-15)9-13-16-4-8-23-13;3-2(4,5)1(6)7/h4,8H,2-3,5-7,9-11H2,1H3;(H,6,7). The van der Waals surface area contributed by atoms with Gasteiger partial charge in [-0.1, -0.05) is 5.10 Å². The van der Waals surface area contributed by atoms with Gasteiger partial charge in [0, 0.05) is 38.1 Å². The molecular formula is C17H22F3N5O4S. The molecule has 4 rings (SSSR count). The number of morpholine rings is 1. The molecule has 0 radical (unpaired) electrons. The molecule has 2 aromatic rings. The van der Waals surface area contributed by atoms with Crippen molar-refractivity contribution in [2.75, 3.05) is 37.7 Å². The van der Waals surface area contributed by atoms with Crippen LogP contribution < -0.4 is 4.90 Å². The maximum atomic E-state index is 10.6. The van der Waals surface area contributed by atoms with Gasteiger partial charge in [0.05, 0.1) is 25.3 Å². The normalized spacial score (nSPS) is 22.6. The zero-order valence-corrected chi connectivity index (χ0v) is 17.1. The lowest BCUT2D eigenvalue weighted by Crippen LogP contribution is -2.59. The van der Waals surface area contributed by atoms with Crippen LogP contribution in [0.15, 0.2) is 16.0 Å². The van der Waals surface area contributed by atoms with Crippen LogP contribution in [0, 0.1) is 6.92 Å². The monoisotopic (exact) mass is 449 g/mol. The predicted octanol–water partition coefficient (Wildman–Crippen LogP) is 2.34. The second-order valence-corrected chi connectivity index (χ2v) is 8.08. The molecule has 1 spiro atoms. The number of hydrogen-bond donors (Lipinski definition) is 1. The van der Waals surface area contributed by atoms with E-state index in [1.807, 2.05) is 18.5 Å². The average molecular weight is 449 g/mol. The molecule has 2 aliphatic rings. The summed E-state index contributed by atoms with van der Waals surface area (Å²) in [6, 6.07) is 0.613. The fourth-order valence-electron chi connectivity index (χ4n) is 3.50. The van der Waals surface area contributed by atoms with E-state index in [-0.39, 0.29) is 5.60 Å². The second kappa shape index (κ2) is 9.27. The Kier molecular flexibility index (Phi) is 6.93. The topological polar surface area (TPSA) is 105 Å². The zero-order chi connectivity index (χ0) is 21.8. The lowest BCUT2D eigenvalue weighted by molar-refractivity contribution is -0.192. The zero-order valence-electron chi connectivity index (χ0n) is 16.3. The minimum atomic E-state index is -5.08. The molecule has 0 amide bonds. The van der Waals surface area contributed by atoms with Crippen molar-refractivity contribution >= 4 is 23.3 Å². The van der Waals surface area contributed by atoms with Crippen LogP contribution in [0.2, 0.25) is 0 Å². The number of carboxylic acid groups (broad SMARTS) is 1. The predicted molar refractivity (Wildman–Crippen MR) is 100 cm³/mol. The molecule has 2 aliphatic heterocycles. The summed E-state index contributed by atoms with van der Waals surface area (Å²) in [7, 11) is 0. The van der Waals surface area contributed by atoms with Crippen molar-refractivity contribution in [3.05, 3.63) is 22.5 Å². The lowest BCUT2D eigenvalue weighted by atomic mass is 9.91. The van der Waals surface area contributed by atoms with Crippen LogP contribution >= 0.6 is 11.3 Å². The number of thiazole rings is 1. The van der Waals surface area contributed by atoms with E-state index in [1.165, 1.54) is 5.01 Å². The summed E-state index contributed by atoms with van der Waals surface area (Å²) in [6.45, 7) is 7.13.